The highest BCUT2D eigenvalue weighted by Crippen LogP contribution is 2.35. The highest BCUT2D eigenvalue weighted by Gasteiger charge is 2.16. The first-order valence-electron chi connectivity index (χ1n) is 11.8. The summed E-state index contributed by atoms with van der Waals surface area (Å²) < 4.78 is 42.0. The number of aromatic amines is 2. The van der Waals surface area contributed by atoms with Crippen LogP contribution in [-0.4, -0.2) is 44.4 Å². The smallest absolute Gasteiger partial charge is 0.209 e. The number of imidazole rings is 1. The van der Waals surface area contributed by atoms with E-state index in [1.54, 1.807) is 18.5 Å². The molecule has 0 amide bonds. The highest BCUT2D eigenvalue weighted by molar-refractivity contribution is 7.88. The molecular formula is C27H24FN7O2S. The zero-order valence-corrected chi connectivity index (χ0v) is 21.7. The van der Waals surface area contributed by atoms with Gasteiger partial charge in [-0.05, 0) is 54.4 Å². The van der Waals surface area contributed by atoms with E-state index in [1.165, 1.54) is 12.1 Å². The molecular weight excluding hydrogens is 505 g/mol. The van der Waals surface area contributed by atoms with E-state index < -0.39 is 15.8 Å². The number of fused-ring (bicyclic) bond motifs is 2. The molecule has 0 aliphatic rings. The van der Waals surface area contributed by atoms with Gasteiger partial charge >= 0.3 is 0 Å². The fourth-order valence-electron chi connectivity index (χ4n) is 4.68. The zero-order valence-electron chi connectivity index (χ0n) is 20.9. The lowest BCUT2D eigenvalue weighted by atomic mass is 10.0. The van der Waals surface area contributed by atoms with Gasteiger partial charge < -0.3 is 9.55 Å². The van der Waals surface area contributed by atoms with Crippen molar-refractivity contribution < 1.29 is 12.8 Å². The lowest BCUT2D eigenvalue weighted by Crippen LogP contribution is -2.21. The van der Waals surface area contributed by atoms with E-state index in [0.717, 1.165) is 62.1 Å². The van der Waals surface area contributed by atoms with Gasteiger partial charge in [0, 0.05) is 41.7 Å². The first-order valence-corrected chi connectivity index (χ1v) is 13.7. The molecule has 0 fully saturated rings. The molecule has 0 bridgehead atoms. The Morgan fingerprint density at radius 3 is 2.61 bits per heavy atom. The van der Waals surface area contributed by atoms with Crippen molar-refractivity contribution in [2.75, 3.05) is 6.26 Å². The third-order valence-corrected chi connectivity index (χ3v) is 7.36. The van der Waals surface area contributed by atoms with Gasteiger partial charge in [0.15, 0.2) is 0 Å². The minimum absolute atomic E-state index is 0.0107. The SMILES string of the molecule is Cc1ncc(-c2ccc3[nH]nc(-c4cc5c(-c6cc(F)cc(CNS(C)(=O)=O)c6)cncc5[nH]4)c3c2)n1C. The molecule has 0 aliphatic carbocycles. The van der Waals surface area contributed by atoms with Crippen LogP contribution in [0.15, 0.2) is 61.1 Å². The minimum atomic E-state index is -3.41. The number of sulfonamides is 1. The molecule has 4 aromatic heterocycles. The van der Waals surface area contributed by atoms with Crippen molar-refractivity contribution in [3.8, 4) is 33.8 Å². The number of aryl methyl sites for hydroxylation is 1. The predicted molar refractivity (Wildman–Crippen MR) is 145 cm³/mol. The number of hydrogen-bond acceptors (Lipinski definition) is 5. The molecule has 6 aromatic rings. The van der Waals surface area contributed by atoms with Crippen LogP contribution in [0.25, 0.3) is 55.6 Å². The first-order chi connectivity index (χ1) is 18.2. The standard InChI is InChI=1S/C27H24FN7O2S/c1-15-30-14-26(35(15)2)17-4-5-23-21(9-17)27(34-33-23)24-10-20-22(12-29-13-25(20)32-24)18-6-16(7-19(28)8-18)11-31-38(3,36)37/h4-10,12-14,31-32H,11H2,1-3H3,(H,33,34). The maximum Gasteiger partial charge on any atom is 0.209 e. The van der Waals surface area contributed by atoms with Crippen molar-refractivity contribution >= 4 is 31.8 Å². The van der Waals surface area contributed by atoms with Crippen LogP contribution in [-0.2, 0) is 23.6 Å². The average molecular weight is 530 g/mol. The number of nitrogens with one attached hydrogen (secondary N) is 3. The van der Waals surface area contributed by atoms with Crippen LogP contribution in [0, 0.1) is 12.7 Å². The van der Waals surface area contributed by atoms with Crippen LogP contribution in [0.1, 0.15) is 11.4 Å². The lowest BCUT2D eigenvalue weighted by Gasteiger charge is -2.08. The summed E-state index contributed by atoms with van der Waals surface area (Å²) in [6.07, 6.45) is 6.31. The van der Waals surface area contributed by atoms with Gasteiger partial charge in [-0.15, -0.1) is 0 Å². The summed E-state index contributed by atoms with van der Waals surface area (Å²) in [5.74, 6) is 0.465. The van der Waals surface area contributed by atoms with Gasteiger partial charge in [-0.25, -0.2) is 22.5 Å². The maximum atomic E-state index is 14.5. The molecule has 0 saturated carbocycles. The van der Waals surface area contributed by atoms with Gasteiger partial charge in [0.2, 0.25) is 10.0 Å². The van der Waals surface area contributed by atoms with E-state index in [9.17, 15) is 12.8 Å². The molecule has 0 atom stereocenters. The number of hydrogen-bond donors (Lipinski definition) is 3. The normalized spacial score (nSPS) is 12.1. The highest BCUT2D eigenvalue weighted by atomic mass is 32.2. The fourth-order valence-corrected chi connectivity index (χ4v) is 5.11. The summed E-state index contributed by atoms with van der Waals surface area (Å²) >= 11 is 0. The van der Waals surface area contributed by atoms with E-state index in [1.807, 2.05) is 42.9 Å². The molecule has 4 heterocycles. The number of H-pyrrole nitrogens is 2. The van der Waals surface area contributed by atoms with E-state index in [2.05, 4.69) is 35.9 Å². The molecule has 3 N–H and O–H groups in total. The molecule has 0 saturated heterocycles. The Kier molecular flexibility index (Phi) is 5.62. The molecule has 38 heavy (non-hydrogen) atoms. The van der Waals surface area contributed by atoms with Gasteiger partial charge in [0.1, 0.15) is 17.3 Å². The van der Waals surface area contributed by atoms with Crippen molar-refractivity contribution in [3.05, 3.63) is 78.3 Å². The monoisotopic (exact) mass is 529 g/mol. The second kappa shape index (κ2) is 8.89. The molecule has 9 nitrogen and oxygen atoms in total. The van der Waals surface area contributed by atoms with Gasteiger partial charge in [-0.3, -0.25) is 10.1 Å². The summed E-state index contributed by atoms with van der Waals surface area (Å²) in [4.78, 5) is 12.2. The van der Waals surface area contributed by atoms with E-state index in [4.69, 9.17) is 0 Å². The lowest BCUT2D eigenvalue weighted by molar-refractivity contribution is 0.586. The van der Waals surface area contributed by atoms with E-state index >= 15 is 0 Å². The Bertz CT molecular complexity index is 1950. The summed E-state index contributed by atoms with van der Waals surface area (Å²) in [5, 5.41) is 9.47. The number of pyridine rings is 1. The van der Waals surface area contributed by atoms with Crippen molar-refractivity contribution in [3.63, 3.8) is 0 Å². The van der Waals surface area contributed by atoms with Crippen LogP contribution in [0.2, 0.25) is 0 Å². The third kappa shape index (κ3) is 4.35. The van der Waals surface area contributed by atoms with Crippen molar-refractivity contribution in [1.82, 2.24) is 34.4 Å². The second-order valence-corrected chi connectivity index (χ2v) is 11.2. The number of benzene rings is 2. The van der Waals surface area contributed by atoms with Crippen molar-refractivity contribution in [2.45, 2.75) is 13.5 Å². The first kappa shape index (κ1) is 24.0. The van der Waals surface area contributed by atoms with E-state index in [0.29, 0.717) is 11.1 Å². The van der Waals surface area contributed by atoms with Crippen LogP contribution >= 0.6 is 0 Å². The Balaban J connectivity index is 1.44. The fraction of sp³-hybridized carbons (Fsp3) is 0.148. The summed E-state index contributed by atoms with van der Waals surface area (Å²) in [6.45, 7) is 1.95. The van der Waals surface area contributed by atoms with Crippen LogP contribution < -0.4 is 4.72 Å². The molecule has 11 heteroatoms. The number of nitrogens with zero attached hydrogens (tertiary/aromatic N) is 4. The molecule has 0 spiro atoms. The number of halogens is 1. The van der Waals surface area contributed by atoms with Gasteiger partial charge in [-0.2, -0.15) is 5.10 Å². The largest absolute Gasteiger partial charge is 0.352 e. The zero-order chi connectivity index (χ0) is 26.6. The summed E-state index contributed by atoms with van der Waals surface area (Å²) in [7, 11) is -1.43. The molecule has 6 rings (SSSR count). The van der Waals surface area contributed by atoms with Gasteiger partial charge in [-0.1, -0.05) is 6.07 Å². The molecule has 0 aliphatic heterocycles. The Hall–Kier alpha value is -4.35. The van der Waals surface area contributed by atoms with Gasteiger partial charge in [0.05, 0.1) is 41.1 Å². The summed E-state index contributed by atoms with van der Waals surface area (Å²) in [6, 6.07) is 12.6. The van der Waals surface area contributed by atoms with Crippen LogP contribution in [0.3, 0.4) is 0 Å². The predicted octanol–water partition coefficient (Wildman–Crippen LogP) is 4.67. The second-order valence-electron chi connectivity index (χ2n) is 9.35. The Morgan fingerprint density at radius 2 is 1.84 bits per heavy atom. The molecule has 0 unspecified atom stereocenters. The molecule has 0 radical (unpaired) electrons. The van der Waals surface area contributed by atoms with Crippen molar-refractivity contribution in [2.24, 2.45) is 7.05 Å². The quantitative estimate of drug-likeness (QED) is 0.290. The summed E-state index contributed by atoms with van der Waals surface area (Å²) in [5.41, 5.74) is 7.06. The number of rotatable bonds is 6. The van der Waals surface area contributed by atoms with Crippen LogP contribution in [0.4, 0.5) is 4.39 Å². The molecule has 2 aromatic carbocycles. The number of aromatic nitrogens is 6. The average Bonchev–Trinajstić information content (AvgIpc) is 3.58. The Morgan fingerprint density at radius 1 is 1.00 bits per heavy atom. The van der Waals surface area contributed by atoms with Gasteiger partial charge in [0.25, 0.3) is 0 Å². The maximum absolute atomic E-state index is 14.5. The minimum Gasteiger partial charge on any atom is -0.352 e. The topological polar surface area (TPSA) is 121 Å². The van der Waals surface area contributed by atoms with Crippen LogP contribution in [0.5, 0.6) is 0 Å². The van der Waals surface area contributed by atoms with E-state index in [-0.39, 0.29) is 6.54 Å². The Labute approximate surface area is 217 Å². The third-order valence-electron chi connectivity index (χ3n) is 6.69. The molecule has 192 valence electrons. The van der Waals surface area contributed by atoms with Crippen molar-refractivity contribution in [1.29, 1.82) is 0 Å².